The van der Waals surface area contributed by atoms with Crippen LogP contribution < -0.4 is 5.32 Å². The number of carbonyl (C=O) groups excluding carboxylic acids is 2. The molecule has 0 fully saturated rings. The van der Waals surface area contributed by atoms with Crippen molar-refractivity contribution in [3.63, 3.8) is 0 Å². The molecular formula is C19H14Cl2F3N3O3. The first-order valence-electron chi connectivity index (χ1n) is 8.54. The minimum Gasteiger partial charge on any atom is -0.451 e. The van der Waals surface area contributed by atoms with E-state index in [9.17, 15) is 22.8 Å². The number of fused-ring (bicyclic) bond motifs is 1. The van der Waals surface area contributed by atoms with Gasteiger partial charge in [-0.25, -0.2) is 4.98 Å². The Morgan fingerprint density at radius 1 is 1.20 bits per heavy atom. The van der Waals surface area contributed by atoms with Crippen LogP contribution in [0.25, 0.3) is 11.0 Å². The summed E-state index contributed by atoms with van der Waals surface area (Å²) in [7, 11) is 0. The van der Waals surface area contributed by atoms with Gasteiger partial charge in [0.05, 0.1) is 21.7 Å². The molecule has 0 aliphatic carbocycles. The molecule has 1 N–H and O–H groups in total. The van der Waals surface area contributed by atoms with Crippen molar-refractivity contribution in [2.24, 2.45) is 0 Å². The molecule has 0 aliphatic rings. The maximum absolute atomic E-state index is 13.3. The van der Waals surface area contributed by atoms with Gasteiger partial charge in [-0.05, 0) is 37.3 Å². The van der Waals surface area contributed by atoms with E-state index < -0.39 is 36.5 Å². The van der Waals surface area contributed by atoms with Crippen LogP contribution >= 0.6 is 23.2 Å². The van der Waals surface area contributed by atoms with Gasteiger partial charge in [-0.15, -0.1) is 0 Å². The largest absolute Gasteiger partial charge is 0.451 e. The number of rotatable bonds is 5. The van der Waals surface area contributed by atoms with E-state index in [0.717, 1.165) is 0 Å². The Hall–Kier alpha value is -2.78. The van der Waals surface area contributed by atoms with Gasteiger partial charge in [0.1, 0.15) is 6.54 Å². The topological polar surface area (TPSA) is 73.2 Å². The highest BCUT2D eigenvalue weighted by atomic mass is 35.5. The predicted molar refractivity (Wildman–Crippen MR) is 105 cm³/mol. The van der Waals surface area contributed by atoms with E-state index in [4.69, 9.17) is 27.9 Å². The summed E-state index contributed by atoms with van der Waals surface area (Å²) in [5, 5.41) is 2.99. The molecule has 158 valence electrons. The highest BCUT2D eigenvalue weighted by Crippen LogP contribution is 2.31. The van der Waals surface area contributed by atoms with Crippen molar-refractivity contribution in [2.75, 3.05) is 5.32 Å². The molecule has 0 saturated heterocycles. The number of ether oxygens (including phenoxy) is 1. The molecular weight excluding hydrogens is 446 g/mol. The van der Waals surface area contributed by atoms with Crippen molar-refractivity contribution in [2.45, 2.75) is 25.7 Å². The molecule has 0 aliphatic heterocycles. The quantitative estimate of drug-likeness (QED) is 0.548. The number of amides is 1. The van der Waals surface area contributed by atoms with Crippen molar-refractivity contribution in [3.05, 3.63) is 58.3 Å². The molecule has 30 heavy (non-hydrogen) atoms. The summed E-state index contributed by atoms with van der Waals surface area (Å²) in [5.74, 6) is -2.99. The maximum Gasteiger partial charge on any atom is 0.449 e. The number of para-hydroxylation sites is 2. The van der Waals surface area contributed by atoms with Gasteiger partial charge in [0.15, 0.2) is 6.10 Å². The Bertz CT molecular complexity index is 1120. The molecule has 1 amide bonds. The van der Waals surface area contributed by atoms with Crippen LogP contribution in [0.2, 0.25) is 10.0 Å². The van der Waals surface area contributed by atoms with Crippen molar-refractivity contribution >= 4 is 51.8 Å². The molecule has 0 radical (unpaired) electrons. The summed E-state index contributed by atoms with van der Waals surface area (Å²) in [6, 6.07) is 10.3. The number of nitrogens with one attached hydrogen (secondary N) is 1. The summed E-state index contributed by atoms with van der Waals surface area (Å²) < 4.78 is 45.7. The van der Waals surface area contributed by atoms with Gasteiger partial charge in [-0.3, -0.25) is 9.59 Å². The molecule has 1 atom stereocenters. The first kappa shape index (κ1) is 21.9. The monoisotopic (exact) mass is 459 g/mol. The smallest absolute Gasteiger partial charge is 0.449 e. The fourth-order valence-corrected chi connectivity index (χ4v) is 3.03. The minimum absolute atomic E-state index is 0.0824. The van der Waals surface area contributed by atoms with Crippen LogP contribution in [0.15, 0.2) is 42.5 Å². The lowest BCUT2D eigenvalue weighted by Crippen LogP contribution is -2.31. The van der Waals surface area contributed by atoms with E-state index in [0.29, 0.717) is 9.59 Å². The molecule has 6 nitrogen and oxygen atoms in total. The van der Waals surface area contributed by atoms with Crippen molar-refractivity contribution in [1.82, 2.24) is 9.55 Å². The van der Waals surface area contributed by atoms with Crippen molar-refractivity contribution in [1.29, 1.82) is 0 Å². The summed E-state index contributed by atoms with van der Waals surface area (Å²) >= 11 is 11.8. The van der Waals surface area contributed by atoms with Gasteiger partial charge in [0, 0.05) is 5.02 Å². The number of alkyl halides is 3. The van der Waals surface area contributed by atoms with Gasteiger partial charge in [0.25, 0.3) is 5.91 Å². The Morgan fingerprint density at radius 2 is 1.90 bits per heavy atom. The third kappa shape index (κ3) is 4.85. The first-order chi connectivity index (χ1) is 14.1. The number of aromatic nitrogens is 2. The fraction of sp³-hybridized carbons (Fsp3) is 0.211. The van der Waals surface area contributed by atoms with Crippen molar-refractivity contribution < 1.29 is 27.5 Å². The van der Waals surface area contributed by atoms with Gasteiger partial charge < -0.3 is 14.6 Å². The lowest BCUT2D eigenvalue weighted by molar-refractivity contribution is -0.156. The summed E-state index contributed by atoms with van der Waals surface area (Å²) in [6.45, 7) is 0.507. The second kappa shape index (κ2) is 8.53. The number of benzene rings is 2. The molecule has 3 rings (SSSR count). The summed E-state index contributed by atoms with van der Waals surface area (Å²) in [5.41, 5.74) is 0.403. The Balaban J connectivity index is 1.74. The normalized spacial score (nSPS) is 12.6. The maximum atomic E-state index is 13.3. The SMILES string of the molecule is CC(OC(=O)Cn1c(C(F)(F)F)nc2ccccc21)C(=O)Nc1cc(Cl)ccc1Cl. The van der Waals surface area contributed by atoms with Gasteiger partial charge in [-0.1, -0.05) is 35.3 Å². The predicted octanol–water partition coefficient (Wildman–Crippen LogP) is 4.93. The van der Waals surface area contributed by atoms with E-state index in [2.05, 4.69) is 10.3 Å². The number of hydrogen-bond acceptors (Lipinski definition) is 4. The van der Waals surface area contributed by atoms with Gasteiger partial charge in [0.2, 0.25) is 5.82 Å². The highest BCUT2D eigenvalue weighted by molar-refractivity contribution is 6.35. The van der Waals surface area contributed by atoms with E-state index >= 15 is 0 Å². The van der Waals surface area contributed by atoms with Crippen molar-refractivity contribution in [3.8, 4) is 0 Å². The zero-order valence-electron chi connectivity index (χ0n) is 15.3. The number of imidazole rings is 1. The van der Waals surface area contributed by atoms with Crippen LogP contribution in [0.5, 0.6) is 0 Å². The molecule has 11 heteroatoms. The lowest BCUT2D eigenvalue weighted by Gasteiger charge is -2.16. The lowest BCUT2D eigenvalue weighted by atomic mass is 10.3. The molecule has 3 aromatic rings. The summed E-state index contributed by atoms with van der Waals surface area (Å²) in [4.78, 5) is 28.1. The Labute approximate surface area is 178 Å². The highest BCUT2D eigenvalue weighted by Gasteiger charge is 2.38. The molecule has 1 unspecified atom stereocenters. The minimum atomic E-state index is -4.77. The van der Waals surface area contributed by atoms with E-state index in [1.807, 2.05) is 0 Å². The van der Waals surface area contributed by atoms with E-state index in [1.54, 1.807) is 0 Å². The van der Waals surface area contributed by atoms with Crippen LogP contribution in [0.3, 0.4) is 0 Å². The van der Waals surface area contributed by atoms with Crippen LogP contribution in [0, 0.1) is 0 Å². The number of carbonyl (C=O) groups is 2. The second-order valence-corrected chi connectivity index (χ2v) is 7.10. The molecule has 0 saturated carbocycles. The zero-order valence-corrected chi connectivity index (χ0v) is 16.8. The van der Waals surface area contributed by atoms with E-state index in [-0.39, 0.29) is 21.7 Å². The number of esters is 1. The van der Waals surface area contributed by atoms with Gasteiger partial charge in [-0.2, -0.15) is 13.2 Å². The summed E-state index contributed by atoms with van der Waals surface area (Å²) in [6.07, 6.45) is -6.07. The van der Waals surface area contributed by atoms with Crippen LogP contribution in [0.1, 0.15) is 12.7 Å². The average molecular weight is 460 g/mol. The first-order valence-corrected chi connectivity index (χ1v) is 9.29. The van der Waals surface area contributed by atoms with Crippen LogP contribution in [-0.2, 0) is 27.0 Å². The molecule has 1 aromatic heterocycles. The third-order valence-electron chi connectivity index (χ3n) is 4.06. The molecule has 0 spiro atoms. The van der Waals surface area contributed by atoms with Crippen LogP contribution in [0.4, 0.5) is 18.9 Å². The Kier molecular flexibility index (Phi) is 6.23. The third-order valence-corrected chi connectivity index (χ3v) is 4.62. The van der Waals surface area contributed by atoms with E-state index in [1.165, 1.54) is 49.4 Å². The second-order valence-electron chi connectivity index (χ2n) is 6.25. The standard InChI is InChI=1S/C19H14Cl2F3N3O3/c1-10(17(29)25-14-8-11(20)6-7-12(14)21)30-16(28)9-27-15-5-3-2-4-13(15)26-18(27)19(22,23)24/h2-8,10H,9H2,1H3,(H,25,29). The molecule has 1 heterocycles. The molecule has 2 aromatic carbocycles. The van der Waals surface area contributed by atoms with Gasteiger partial charge >= 0.3 is 12.1 Å². The zero-order chi connectivity index (χ0) is 22.1. The average Bonchev–Trinajstić information content (AvgIpc) is 3.03. The number of nitrogens with zero attached hydrogens (tertiary/aromatic N) is 2. The molecule has 0 bridgehead atoms. The fourth-order valence-electron chi connectivity index (χ4n) is 2.70. The Morgan fingerprint density at radius 3 is 2.60 bits per heavy atom. The number of hydrogen-bond donors (Lipinski definition) is 1. The van der Waals surface area contributed by atoms with Crippen LogP contribution in [-0.4, -0.2) is 27.5 Å². The number of anilines is 1. The number of halogens is 5.